The third-order valence-electron chi connectivity index (χ3n) is 7.94. The molecule has 2 aliphatic heterocycles. The normalized spacial score (nSPS) is 21.7. The molecule has 1 N–H and O–H groups in total. The lowest BCUT2D eigenvalue weighted by Gasteiger charge is -2.41. The molecule has 0 aliphatic carbocycles. The molecule has 12 heteroatoms. The quantitative estimate of drug-likeness (QED) is 0.410. The third-order valence-corrected chi connectivity index (χ3v) is 7.94. The third kappa shape index (κ3) is 8.25. The summed E-state index contributed by atoms with van der Waals surface area (Å²) in [5, 5.41) is 2.91. The van der Waals surface area contributed by atoms with E-state index in [4.69, 9.17) is 4.74 Å². The van der Waals surface area contributed by atoms with Gasteiger partial charge in [-0.05, 0) is 55.5 Å². The van der Waals surface area contributed by atoms with Crippen molar-refractivity contribution in [3.63, 3.8) is 0 Å². The van der Waals surface area contributed by atoms with E-state index in [1.54, 1.807) is 4.90 Å². The van der Waals surface area contributed by atoms with Crippen LogP contribution >= 0.6 is 0 Å². The van der Waals surface area contributed by atoms with Gasteiger partial charge in [-0.25, -0.2) is 0 Å². The molecule has 3 atom stereocenters. The summed E-state index contributed by atoms with van der Waals surface area (Å²) in [6.07, 6.45) is -9.63. The van der Waals surface area contributed by atoms with Crippen molar-refractivity contribution in [2.45, 2.75) is 69.6 Å². The molecular weight excluding hydrogens is 564 g/mol. The minimum absolute atomic E-state index is 0.0619. The first kappa shape index (κ1) is 31.8. The Labute approximate surface area is 241 Å². The lowest BCUT2D eigenvalue weighted by atomic mass is 9.87. The molecule has 6 nitrogen and oxygen atoms in total. The Hall–Kier alpha value is -3.12. The summed E-state index contributed by atoms with van der Waals surface area (Å²) in [5.74, 6) is -0.470. The molecule has 0 spiro atoms. The van der Waals surface area contributed by atoms with Gasteiger partial charge >= 0.3 is 12.4 Å². The second-order valence-corrected chi connectivity index (χ2v) is 11.1. The minimum atomic E-state index is -4.95. The van der Waals surface area contributed by atoms with E-state index in [9.17, 15) is 35.9 Å². The van der Waals surface area contributed by atoms with Gasteiger partial charge in [0.15, 0.2) is 0 Å². The van der Waals surface area contributed by atoms with E-state index in [2.05, 4.69) is 10.2 Å². The first-order valence-electron chi connectivity index (χ1n) is 14.0. The molecule has 230 valence electrons. The van der Waals surface area contributed by atoms with Gasteiger partial charge in [0.05, 0.1) is 29.9 Å². The maximum absolute atomic E-state index is 13.4. The van der Waals surface area contributed by atoms with Gasteiger partial charge in [0.2, 0.25) is 11.8 Å². The van der Waals surface area contributed by atoms with Gasteiger partial charge in [-0.15, -0.1) is 0 Å². The number of rotatable bonds is 7. The lowest BCUT2D eigenvalue weighted by molar-refractivity contribution is -0.143. The van der Waals surface area contributed by atoms with Crippen molar-refractivity contribution >= 4 is 11.8 Å². The fourth-order valence-electron chi connectivity index (χ4n) is 5.71. The molecule has 42 heavy (non-hydrogen) atoms. The molecule has 0 radical (unpaired) electrons. The van der Waals surface area contributed by atoms with Crippen molar-refractivity contribution in [1.82, 2.24) is 15.1 Å². The zero-order chi connectivity index (χ0) is 30.7. The number of carbonyl (C=O) groups is 2. The number of nitrogens with one attached hydrogen (secondary N) is 1. The van der Waals surface area contributed by atoms with Gasteiger partial charge in [0.1, 0.15) is 0 Å². The Bertz CT molecular complexity index is 1200. The molecule has 2 aliphatic rings. The molecule has 0 aromatic heterocycles. The maximum atomic E-state index is 13.4. The van der Waals surface area contributed by atoms with Crippen LogP contribution in [0.5, 0.6) is 0 Å². The number of piperidine rings is 2. The molecular formula is C30H35F6N3O3. The van der Waals surface area contributed by atoms with Crippen molar-refractivity contribution in [2.75, 3.05) is 32.7 Å². The predicted molar refractivity (Wildman–Crippen MR) is 143 cm³/mol. The summed E-state index contributed by atoms with van der Waals surface area (Å²) in [4.78, 5) is 28.4. The Morgan fingerprint density at radius 2 is 1.52 bits per heavy atom. The van der Waals surface area contributed by atoms with E-state index >= 15 is 0 Å². The molecule has 2 fully saturated rings. The number of halogens is 6. The number of hydrogen-bond acceptors (Lipinski definition) is 4. The highest BCUT2D eigenvalue weighted by atomic mass is 19.4. The van der Waals surface area contributed by atoms with Gasteiger partial charge < -0.3 is 15.0 Å². The van der Waals surface area contributed by atoms with E-state index in [0.29, 0.717) is 44.7 Å². The number of carbonyl (C=O) groups excluding carboxylic acids is 2. The van der Waals surface area contributed by atoms with Crippen molar-refractivity contribution in [2.24, 2.45) is 0 Å². The molecule has 4 rings (SSSR count). The lowest BCUT2D eigenvalue weighted by Crippen LogP contribution is -2.51. The topological polar surface area (TPSA) is 61.9 Å². The molecule has 2 aromatic carbocycles. The zero-order valence-electron chi connectivity index (χ0n) is 23.5. The van der Waals surface area contributed by atoms with Crippen molar-refractivity contribution in [1.29, 1.82) is 0 Å². The van der Waals surface area contributed by atoms with E-state index < -0.39 is 35.7 Å². The standard InChI is InChI=1S/C30H35F6N3O3/c1-19(22-14-23(29(31,32)33)16-24(15-22)30(34,35)36)42-27-10-13-39(17-26(27)21-6-4-3-5-7-21)28(41)18-38-11-8-25(9-12-38)37-20(2)40/h3-7,14-16,19,25-27H,8-13,17-18H2,1-2H3,(H,37,40). The van der Waals surface area contributed by atoms with E-state index in [1.807, 2.05) is 30.3 Å². The Morgan fingerprint density at radius 3 is 2.07 bits per heavy atom. The molecule has 2 saturated heterocycles. The van der Waals surface area contributed by atoms with Crippen molar-refractivity contribution in [3.8, 4) is 0 Å². The first-order valence-corrected chi connectivity index (χ1v) is 14.0. The monoisotopic (exact) mass is 599 g/mol. The highest BCUT2D eigenvalue weighted by Gasteiger charge is 2.39. The number of benzene rings is 2. The minimum Gasteiger partial charge on any atom is -0.370 e. The summed E-state index contributed by atoms with van der Waals surface area (Å²) in [5.41, 5.74) is -2.12. The summed E-state index contributed by atoms with van der Waals surface area (Å²) < 4.78 is 86.8. The van der Waals surface area contributed by atoms with Crippen LogP contribution in [0.2, 0.25) is 0 Å². The van der Waals surface area contributed by atoms with Crippen LogP contribution in [0.4, 0.5) is 26.3 Å². The average Bonchev–Trinajstić information content (AvgIpc) is 2.93. The molecule has 2 amide bonds. The fourth-order valence-corrected chi connectivity index (χ4v) is 5.71. The smallest absolute Gasteiger partial charge is 0.370 e. The van der Waals surface area contributed by atoms with Crippen LogP contribution in [0, 0.1) is 0 Å². The van der Waals surface area contributed by atoms with Crippen LogP contribution in [0.15, 0.2) is 48.5 Å². The van der Waals surface area contributed by atoms with E-state index in [0.717, 1.165) is 18.4 Å². The zero-order valence-corrected chi connectivity index (χ0v) is 23.5. The Balaban J connectivity index is 1.47. The maximum Gasteiger partial charge on any atom is 0.416 e. The molecule has 2 aromatic rings. The van der Waals surface area contributed by atoms with Crippen LogP contribution in [-0.4, -0.2) is 66.5 Å². The van der Waals surface area contributed by atoms with Gasteiger partial charge in [0, 0.05) is 45.1 Å². The summed E-state index contributed by atoms with van der Waals surface area (Å²) in [6, 6.07) is 10.8. The fraction of sp³-hybridized carbons (Fsp3) is 0.533. The molecule has 3 unspecified atom stereocenters. The number of hydrogen-bond donors (Lipinski definition) is 1. The van der Waals surface area contributed by atoms with Crippen LogP contribution in [-0.2, 0) is 26.7 Å². The highest BCUT2D eigenvalue weighted by molar-refractivity contribution is 5.78. The van der Waals surface area contributed by atoms with E-state index in [-0.39, 0.29) is 41.9 Å². The van der Waals surface area contributed by atoms with E-state index in [1.165, 1.54) is 13.8 Å². The molecule has 0 bridgehead atoms. The van der Waals surface area contributed by atoms with Crippen molar-refractivity contribution in [3.05, 3.63) is 70.8 Å². The number of alkyl halides is 6. The largest absolute Gasteiger partial charge is 0.416 e. The summed E-state index contributed by atoms with van der Waals surface area (Å²) in [6.45, 7) is 5.14. The summed E-state index contributed by atoms with van der Waals surface area (Å²) >= 11 is 0. The van der Waals surface area contributed by atoms with Gasteiger partial charge in [-0.3, -0.25) is 14.5 Å². The van der Waals surface area contributed by atoms with Crippen LogP contribution < -0.4 is 5.32 Å². The second kappa shape index (κ2) is 13.0. The SMILES string of the molecule is CC(=O)NC1CCN(CC(=O)N2CCC(OC(C)c3cc(C(F)(F)F)cc(C(F)(F)F)c3)C(c3ccccc3)C2)CC1. The van der Waals surface area contributed by atoms with Crippen LogP contribution in [0.25, 0.3) is 0 Å². The predicted octanol–water partition coefficient (Wildman–Crippen LogP) is 5.79. The average molecular weight is 600 g/mol. The summed E-state index contributed by atoms with van der Waals surface area (Å²) in [7, 11) is 0. The first-order chi connectivity index (χ1) is 19.7. The number of ether oxygens (including phenoxy) is 1. The number of amides is 2. The van der Waals surface area contributed by atoms with Gasteiger partial charge in [0.25, 0.3) is 0 Å². The Morgan fingerprint density at radius 1 is 0.929 bits per heavy atom. The Kier molecular flexibility index (Phi) is 9.87. The second-order valence-electron chi connectivity index (χ2n) is 11.1. The van der Waals surface area contributed by atoms with Gasteiger partial charge in [-0.2, -0.15) is 26.3 Å². The van der Waals surface area contributed by atoms with Crippen LogP contribution in [0.1, 0.15) is 67.4 Å². The molecule has 2 heterocycles. The highest BCUT2D eigenvalue weighted by Crippen LogP contribution is 2.39. The number of likely N-dealkylation sites (tertiary alicyclic amines) is 2. The van der Waals surface area contributed by atoms with Gasteiger partial charge in [-0.1, -0.05) is 30.3 Å². The van der Waals surface area contributed by atoms with Crippen LogP contribution in [0.3, 0.4) is 0 Å². The number of nitrogens with zero attached hydrogens (tertiary/aromatic N) is 2. The molecule has 0 saturated carbocycles. The van der Waals surface area contributed by atoms with Crippen molar-refractivity contribution < 1.29 is 40.7 Å².